The number of fused-ring (bicyclic) bond motifs is 2. The third kappa shape index (κ3) is 8.23. The van der Waals surface area contributed by atoms with E-state index in [1.54, 1.807) is 19.9 Å². The Balaban J connectivity index is 0.000000155. The molecule has 55 heavy (non-hydrogen) atoms. The van der Waals surface area contributed by atoms with E-state index >= 15 is 0 Å². The number of sulfonamides is 1. The van der Waals surface area contributed by atoms with Crippen LogP contribution in [0.25, 0.3) is 11.4 Å². The summed E-state index contributed by atoms with van der Waals surface area (Å²) in [6.45, 7) is 6.69. The van der Waals surface area contributed by atoms with E-state index in [0.29, 0.717) is 36.0 Å². The van der Waals surface area contributed by atoms with Gasteiger partial charge in [-0.05, 0) is 124 Å². The van der Waals surface area contributed by atoms with Crippen molar-refractivity contribution < 1.29 is 39.5 Å². The predicted octanol–water partition coefficient (Wildman–Crippen LogP) is 7.13. The van der Waals surface area contributed by atoms with Gasteiger partial charge in [0.25, 0.3) is 0 Å². The van der Waals surface area contributed by atoms with Crippen molar-refractivity contribution in [1.82, 2.24) is 29.2 Å². The van der Waals surface area contributed by atoms with E-state index in [1.807, 2.05) is 24.3 Å². The van der Waals surface area contributed by atoms with E-state index < -0.39 is 39.0 Å². The van der Waals surface area contributed by atoms with Crippen LogP contribution in [0.2, 0.25) is 0 Å². The Morgan fingerprint density at radius 3 is 1.62 bits per heavy atom. The summed E-state index contributed by atoms with van der Waals surface area (Å²) in [5.41, 5.74) is 5.41. The highest BCUT2D eigenvalue weighted by molar-refractivity contribution is 7.90. The molecule has 0 amide bonds. The number of nitrogens with one attached hydrogen (secondary N) is 1. The van der Waals surface area contributed by atoms with Gasteiger partial charge in [0, 0.05) is 48.4 Å². The zero-order chi connectivity index (χ0) is 38.9. The summed E-state index contributed by atoms with van der Waals surface area (Å²) in [5, 5.41) is 7.22. The lowest BCUT2D eigenvalue weighted by Crippen LogP contribution is -2.43. The highest BCUT2D eigenvalue weighted by Gasteiger charge is 2.40. The van der Waals surface area contributed by atoms with Crippen molar-refractivity contribution >= 4 is 10.0 Å². The van der Waals surface area contributed by atoms with Crippen LogP contribution in [-0.4, -0.2) is 76.5 Å². The summed E-state index contributed by atoms with van der Waals surface area (Å²) in [4.78, 5) is 2.47. The Morgan fingerprint density at radius 1 is 0.691 bits per heavy atom. The molecule has 2 saturated carbocycles. The van der Waals surface area contributed by atoms with Gasteiger partial charge in [0.1, 0.15) is 0 Å². The van der Waals surface area contributed by atoms with Gasteiger partial charge in [-0.25, -0.2) is 22.5 Å². The first-order valence-corrected chi connectivity index (χ1v) is 20.5. The minimum Gasteiger partial charge on any atom is -0.379 e. The van der Waals surface area contributed by atoms with Crippen LogP contribution in [0, 0.1) is 0 Å². The van der Waals surface area contributed by atoms with Crippen molar-refractivity contribution in [3.05, 3.63) is 93.6 Å². The number of aromatic nitrogens is 4. The average molecular weight is 791 g/mol. The number of ether oxygens (including phenoxy) is 1. The molecular weight excluding hydrogens is 747 g/mol. The highest BCUT2D eigenvalue weighted by atomic mass is 32.2. The maximum Gasteiger partial charge on any atom is 0.435 e. The van der Waals surface area contributed by atoms with Gasteiger partial charge in [-0.1, -0.05) is 12.1 Å². The van der Waals surface area contributed by atoms with Crippen LogP contribution in [0.5, 0.6) is 0 Å². The summed E-state index contributed by atoms with van der Waals surface area (Å²) >= 11 is 0. The zero-order valence-corrected chi connectivity index (χ0v) is 31.4. The zero-order valence-electron chi connectivity index (χ0n) is 30.6. The van der Waals surface area contributed by atoms with Crippen LogP contribution in [0.3, 0.4) is 0 Å². The van der Waals surface area contributed by atoms with E-state index in [9.17, 15) is 34.8 Å². The second-order valence-electron chi connectivity index (χ2n) is 15.7. The molecule has 2 aromatic carbocycles. The Hall–Kier alpha value is -3.73. The van der Waals surface area contributed by atoms with Gasteiger partial charge < -0.3 is 4.74 Å². The van der Waals surface area contributed by atoms with E-state index in [2.05, 4.69) is 25.9 Å². The molecule has 4 aliphatic carbocycles. The summed E-state index contributed by atoms with van der Waals surface area (Å²) in [6, 6.07) is 14.1. The monoisotopic (exact) mass is 790 g/mol. The first-order chi connectivity index (χ1) is 26.0. The lowest BCUT2D eigenvalue weighted by Gasteiger charge is -2.32. The van der Waals surface area contributed by atoms with Crippen LogP contribution < -0.4 is 4.72 Å². The van der Waals surface area contributed by atoms with Gasteiger partial charge >= 0.3 is 12.4 Å². The molecule has 0 spiro atoms. The van der Waals surface area contributed by atoms with E-state index in [-0.39, 0.29) is 17.9 Å². The molecule has 1 saturated heterocycles. The quantitative estimate of drug-likeness (QED) is 0.191. The van der Waals surface area contributed by atoms with Gasteiger partial charge in [-0.2, -0.15) is 36.5 Å². The molecule has 2 atom stereocenters. The fraction of sp³-hybridized carbons (Fsp3) is 0.538. The number of alkyl halides is 6. The smallest absolute Gasteiger partial charge is 0.379 e. The van der Waals surface area contributed by atoms with Gasteiger partial charge in [-0.3, -0.25) is 4.90 Å². The lowest BCUT2D eigenvalue weighted by molar-refractivity contribution is -0.142. The van der Waals surface area contributed by atoms with Crippen LogP contribution in [-0.2, 0) is 52.8 Å². The predicted molar refractivity (Wildman–Crippen MR) is 193 cm³/mol. The van der Waals surface area contributed by atoms with Crippen molar-refractivity contribution in [2.45, 2.75) is 107 Å². The minimum absolute atomic E-state index is 0.113. The molecule has 3 heterocycles. The molecule has 5 aliphatic rings. The SMILES string of the molecule is CC(C)S(=O)(=O)N[C@H]1Cc2ccc(-n3nc(C(F)(F)F)cc3C3CC3)cc2C1.FC(F)(F)c1cc(C2CC2)n(-c2ccc3c(c2)C[C@H](N2CCOCC2)C3)n1. The molecular formula is C39H44F6N6O3S. The molecule has 9 rings (SSSR count). The molecule has 0 radical (unpaired) electrons. The largest absolute Gasteiger partial charge is 0.435 e. The van der Waals surface area contributed by atoms with Crippen molar-refractivity contribution in [3.63, 3.8) is 0 Å². The lowest BCUT2D eigenvalue weighted by atomic mass is 10.1. The fourth-order valence-electron chi connectivity index (χ4n) is 7.92. The summed E-state index contributed by atoms with van der Waals surface area (Å²) in [6.07, 6.45) is -2.25. The number of halogens is 6. The van der Waals surface area contributed by atoms with Crippen molar-refractivity contribution in [2.24, 2.45) is 0 Å². The molecule has 3 fully saturated rings. The Morgan fingerprint density at radius 2 is 1.15 bits per heavy atom. The molecule has 9 nitrogen and oxygen atoms in total. The molecule has 4 aromatic rings. The van der Waals surface area contributed by atoms with E-state index in [0.717, 1.165) is 87.7 Å². The van der Waals surface area contributed by atoms with Gasteiger partial charge in [0.05, 0.1) is 29.8 Å². The third-order valence-electron chi connectivity index (χ3n) is 11.3. The van der Waals surface area contributed by atoms with Gasteiger partial charge in [0.2, 0.25) is 10.0 Å². The Labute approximate surface area is 316 Å². The fourth-order valence-corrected chi connectivity index (χ4v) is 8.83. The molecule has 0 unspecified atom stereocenters. The number of nitrogens with zero attached hydrogens (tertiary/aromatic N) is 5. The van der Waals surface area contributed by atoms with Crippen molar-refractivity contribution in [1.29, 1.82) is 0 Å². The molecule has 2 aromatic heterocycles. The number of rotatable bonds is 8. The third-order valence-corrected chi connectivity index (χ3v) is 13.2. The topological polar surface area (TPSA) is 94.3 Å². The normalized spacial score (nSPS) is 21.8. The molecule has 16 heteroatoms. The second-order valence-corrected chi connectivity index (χ2v) is 18.0. The van der Waals surface area contributed by atoms with E-state index in [1.165, 1.54) is 26.6 Å². The first kappa shape index (κ1) is 38.2. The second kappa shape index (κ2) is 14.3. The van der Waals surface area contributed by atoms with Gasteiger partial charge in [-0.15, -0.1) is 0 Å². The van der Waals surface area contributed by atoms with Crippen molar-refractivity contribution in [2.75, 3.05) is 26.3 Å². The maximum absolute atomic E-state index is 13.2. The molecule has 0 bridgehead atoms. The molecule has 296 valence electrons. The number of hydrogen-bond donors (Lipinski definition) is 1. The van der Waals surface area contributed by atoms with E-state index in [4.69, 9.17) is 4.74 Å². The van der Waals surface area contributed by atoms with Crippen molar-refractivity contribution in [3.8, 4) is 11.4 Å². The number of benzene rings is 2. The minimum atomic E-state index is -4.48. The molecule has 1 aliphatic heterocycles. The highest BCUT2D eigenvalue weighted by Crippen LogP contribution is 2.44. The van der Waals surface area contributed by atoms with Crippen LogP contribution in [0.4, 0.5) is 26.3 Å². The van der Waals surface area contributed by atoms with Crippen LogP contribution >= 0.6 is 0 Å². The summed E-state index contributed by atoms with van der Waals surface area (Å²) in [7, 11) is -3.38. The summed E-state index contributed by atoms with van der Waals surface area (Å²) in [5.74, 6) is 0.311. The first-order valence-electron chi connectivity index (χ1n) is 18.9. The van der Waals surface area contributed by atoms with Crippen LogP contribution in [0.15, 0.2) is 48.5 Å². The maximum atomic E-state index is 13.2. The number of hydrogen-bond acceptors (Lipinski definition) is 6. The Kier molecular flexibility index (Phi) is 9.94. The van der Waals surface area contributed by atoms with Gasteiger partial charge in [0.15, 0.2) is 11.4 Å². The Bertz CT molecular complexity index is 2160. The molecule has 1 N–H and O–H groups in total. The standard InChI is InChI=1S/C20H22F3N3O.C19H22F3N3O2S/c21-20(22,23)19-12-18(13-1-2-13)26(24-19)16-4-3-14-9-17(11-15(14)10-16)25-5-7-27-8-6-25;1-11(2)28(26,27)24-15-7-13-5-6-16(9-14(13)8-15)25-17(12-3-4-12)10-18(23-25)19(20,21)22/h3-4,10,12-13,17H,1-2,5-9,11H2;5-6,9-12,15,24H,3-4,7-8H2,1-2H3/t17-;15-/m10/s1. The number of morpholine rings is 1. The average Bonchev–Trinajstić information content (AvgIpc) is 3.95. The van der Waals surface area contributed by atoms with Crippen LogP contribution in [0.1, 0.15) is 96.4 Å². The summed E-state index contributed by atoms with van der Waals surface area (Å²) < 4.78 is 114.